The van der Waals surface area contributed by atoms with E-state index in [2.05, 4.69) is 61.5 Å². The average molecular weight is 522 g/mol. The molecule has 1 N–H and O–H groups in total. The summed E-state index contributed by atoms with van der Waals surface area (Å²) in [7, 11) is 0. The minimum absolute atomic E-state index is 0.197. The Morgan fingerprint density at radius 3 is 2.47 bits per heavy atom. The van der Waals surface area contributed by atoms with Crippen LogP contribution in [0.5, 0.6) is 0 Å². The van der Waals surface area contributed by atoms with Crippen molar-refractivity contribution in [3.8, 4) is 11.3 Å². The normalized spacial score (nSPS) is 19.1. The number of thiazole rings is 1. The van der Waals surface area contributed by atoms with Crippen LogP contribution in [-0.4, -0.2) is 28.1 Å². The summed E-state index contributed by atoms with van der Waals surface area (Å²) in [6, 6.07) is 13.8. The predicted octanol–water partition coefficient (Wildman–Crippen LogP) is 7.55. The third kappa shape index (κ3) is 5.08. The van der Waals surface area contributed by atoms with Crippen LogP contribution in [-0.2, 0) is 17.4 Å². The van der Waals surface area contributed by atoms with E-state index in [1.807, 2.05) is 6.07 Å². The molecule has 5 rings (SSSR count). The van der Waals surface area contributed by atoms with E-state index >= 15 is 0 Å². The van der Waals surface area contributed by atoms with Crippen LogP contribution in [0.2, 0.25) is 0 Å². The highest BCUT2D eigenvalue weighted by Crippen LogP contribution is 2.47. The quantitative estimate of drug-likeness (QED) is 0.359. The number of hydrogen-bond donors (Lipinski definition) is 1. The van der Waals surface area contributed by atoms with Crippen molar-refractivity contribution >= 4 is 28.7 Å². The molecule has 0 radical (unpaired) electrons. The second kappa shape index (κ2) is 9.86. The molecule has 0 spiro atoms. The summed E-state index contributed by atoms with van der Waals surface area (Å²) < 4.78 is 13.9. The van der Waals surface area contributed by atoms with Gasteiger partial charge in [-0.25, -0.2) is 9.37 Å². The Morgan fingerprint density at radius 1 is 1.06 bits per heavy atom. The fourth-order valence-electron chi connectivity index (χ4n) is 5.61. The molecule has 0 unspecified atom stereocenters. The molecule has 0 saturated carbocycles. The molecule has 36 heavy (non-hydrogen) atoms. The van der Waals surface area contributed by atoms with Crippen LogP contribution in [0, 0.1) is 5.82 Å². The molecule has 3 aromatic rings. The molecule has 1 aromatic heterocycles. The van der Waals surface area contributed by atoms with Gasteiger partial charge in [0.2, 0.25) is 0 Å². The Hall–Kier alpha value is -2.31. The first-order chi connectivity index (χ1) is 17.1. The zero-order chi connectivity index (χ0) is 25.5. The van der Waals surface area contributed by atoms with E-state index in [9.17, 15) is 4.39 Å². The van der Waals surface area contributed by atoms with Gasteiger partial charge in [0.1, 0.15) is 5.82 Å². The van der Waals surface area contributed by atoms with Gasteiger partial charge in [0, 0.05) is 42.1 Å². The first-order valence-electron chi connectivity index (χ1n) is 13.0. The second-order valence-electron chi connectivity index (χ2n) is 11.6. The van der Waals surface area contributed by atoms with Crippen LogP contribution in [0.1, 0.15) is 81.0 Å². The van der Waals surface area contributed by atoms with Gasteiger partial charge in [0.15, 0.2) is 5.11 Å². The molecular formula is C30H36FN3S2. The SMILES string of the molecule is CC1(C)CCC(C)(C)c2cc(-c3csc(C4CCN(C(=S)NCc5ccccc5F)CC4)n3)ccc21. The summed E-state index contributed by atoms with van der Waals surface area (Å²) in [6.07, 6.45) is 4.50. The maximum absolute atomic E-state index is 13.9. The highest BCUT2D eigenvalue weighted by Gasteiger charge is 2.37. The summed E-state index contributed by atoms with van der Waals surface area (Å²) in [4.78, 5) is 7.31. The zero-order valence-electron chi connectivity index (χ0n) is 21.7. The van der Waals surface area contributed by atoms with Crippen molar-refractivity contribution in [2.45, 2.75) is 76.7 Å². The predicted molar refractivity (Wildman–Crippen MR) is 152 cm³/mol. The average Bonchev–Trinajstić information content (AvgIpc) is 3.37. The van der Waals surface area contributed by atoms with Gasteiger partial charge in [-0.3, -0.25) is 0 Å². The summed E-state index contributed by atoms with van der Waals surface area (Å²) >= 11 is 7.39. The smallest absolute Gasteiger partial charge is 0.169 e. The number of thiocarbonyl (C=S) groups is 1. The van der Waals surface area contributed by atoms with Crippen molar-refractivity contribution < 1.29 is 4.39 Å². The van der Waals surface area contributed by atoms with Crippen molar-refractivity contribution in [1.29, 1.82) is 0 Å². The van der Waals surface area contributed by atoms with Crippen molar-refractivity contribution in [3.05, 3.63) is 75.4 Å². The second-order valence-corrected chi connectivity index (χ2v) is 12.9. The van der Waals surface area contributed by atoms with Crippen LogP contribution in [0.3, 0.4) is 0 Å². The van der Waals surface area contributed by atoms with E-state index in [4.69, 9.17) is 17.2 Å². The van der Waals surface area contributed by atoms with E-state index in [1.165, 1.54) is 40.6 Å². The number of rotatable bonds is 4. The number of aromatic nitrogens is 1. The Morgan fingerprint density at radius 2 is 1.75 bits per heavy atom. The van der Waals surface area contributed by atoms with Gasteiger partial charge >= 0.3 is 0 Å². The number of halogens is 1. The molecule has 2 heterocycles. The van der Waals surface area contributed by atoms with Crippen LogP contribution >= 0.6 is 23.6 Å². The topological polar surface area (TPSA) is 28.2 Å². The van der Waals surface area contributed by atoms with Gasteiger partial charge in [0.05, 0.1) is 10.7 Å². The van der Waals surface area contributed by atoms with Crippen LogP contribution < -0.4 is 5.32 Å². The van der Waals surface area contributed by atoms with Crippen LogP contribution in [0.25, 0.3) is 11.3 Å². The third-order valence-corrected chi connectivity index (χ3v) is 9.60. The molecule has 1 saturated heterocycles. The van der Waals surface area contributed by atoms with Crippen LogP contribution in [0.15, 0.2) is 47.8 Å². The van der Waals surface area contributed by atoms with E-state index in [0.29, 0.717) is 23.1 Å². The molecule has 3 nitrogen and oxygen atoms in total. The first kappa shape index (κ1) is 25.3. The Kier molecular flexibility index (Phi) is 6.94. The number of benzene rings is 2. The molecule has 6 heteroatoms. The lowest BCUT2D eigenvalue weighted by atomic mass is 9.63. The molecular weight excluding hydrogens is 485 g/mol. The number of fused-ring (bicyclic) bond motifs is 1. The van der Waals surface area contributed by atoms with Gasteiger partial charge in [-0.05, 0) is 72.0 Å². The van der Waals surface area contributed by atoms with Gasteiger partial charge in [-0.1, -0.05) is 58.0 Å². The molecule has 0 bridgehead atoms. The number of likely N-dealkylation sites (tertiary alicyclic amines) is 1. The zero-order valence-corrected chi connectivity index (χ0v) is 23.4. The fraction of sp³-hybridized carbons (Fsp3) is 0.467. The number of piperidine rings is 1. The Labute approximate surface area is 224 Å². The van der Waals surface area contributed by atoms with Crippen molar-refractivity contribution in [3.63, 3.8) is 0 Å². The molecule has 190 valence electrons. The van der Waals surface area contributed by atoms with Gasteiger partial charge < -0.3 is 10.2 Å². The molecule has 2 aliphatic rings. The lowest BCUT2D eigenvalue weighted by Gasteiger charge is -2.42. The lowest BCUT2D eigenvalue weighted by molar-refractivity contribution is 0.309. The highest BCUT2D eigenvalue weighted by molar-refractivity contribution is 7.80. The van der Waals surface area contributed by atoms with E-state index in [1.54, 1.807) is 23.5 Å². The maximum atomic E-state index is 13.9. The van der Waals surface area contributed by atoms with E-state index in [-0.39, 0.29) is 16.6 Å². The minimum atomic E-state index is -0.197. The summed E-state index contributed by atoms with van der Waals surface area (Å²) in [5.74, 6) is 0.264. The fourth-order valence-corrected chi connectivity index (χ4v) is 6.86. The van der Waals surface area contributed by atoms with Gasteiger partial charge in [0.25, 0.3) is 0 Å². The first-order valence-corrected chi connectivity index (χ1v) is 14.3. The minimum Gasteiger partial charge on any atom is -0.358 e. The molecule has 1 aliphatic carbocycles. The van der Waals surface area contributed by atoms with Gasteiger partial charge in [-0.2, -0.15) is 0 Å². The van der Waals surface area contributed by atoms with Crippen LogP contribution in [0.4, 0.5) is 4.39 Å². The Bertz CT molecular complexity index is 1250. The monoisotopic (exact) mass is 521 g/mol. The third-order valence-electron chi connectivity index (χ3n) is 8.19. The number of nitrogens with zero attached hydrogens (tertiary/aromatic N) is 2. The van der Waals surface area contributed by atoms with Crippen molar-refractivity contribution in [1.82, 2.24) is 15.2 Å². The summed E-state index contributed by atoms with van der Waals surface area (Å²) in [6.45, 7) is 11.7. The lowest BCUT2D eigenvalue weighted by Crippen LogP contribution is -2.43. The highest BCUT2D eigenvalue weighted by atomic mass is 32.1. The molecule has 0 atom stereocenters. The standard InChI is InChI=1S/C30H36FN3S2/c1-29(2)13-14-30(3,4)24-17-21(9-10-23(24)29)26-19-36-27(33-26)20-11-15-34(16-12-20)28(35)32-18-22-7-5-6-8-25(22)31/h5-10,17,19-20H,11-16,18H2,1-4H3,(H,32,35). The molecule has 0 amide bonds. The number of nitrogens with one attached hydrogen (secondary N) is 1. The number of hydrogen-bond acceptors (Lipinski definition) is 3. The largest absolute Gasteiger partial charge is 0.358 e. The molecule has 1 aliphatic heterocycles. The summed E-state index contributed by atoms with van der Waals surface area (Å²) in [5, 5.41) is 7.39. The van der Waals surface area contributed by atoms with Gasteiger partial charge in [-0.15, -0.1) is 11.3 Å². The maximum Gasteiger partial charge on any atom is 0.169 e. The Balaban J connectivity index is 1.22. The molecule has 1 fully saturated rings. The molecule has 2 aromatic carbocycles. The van der Waals surface area contributed by atoms with E-state index < -0.39 is 0 Å². The van der Waals surface area contributed by atoms with Crippen molar-refractivity contribution in [2.75, 3.05) is 13.1 Å². The summed E-state index contributed by atoms with van der Waals surface area (Å²) in [5.41, 5.74) is 6.37. The van der Waals surface area contributed by atoms with E-state index in [0.717, 1.165) is 31.6 Å². The van der Waals surface area contributed by atoms with Crippen molar-refractivity contribution in [2.24, 2.45) is 0 Å².